The average Bonchev–Trinajstić information content (AvgIpc) is 3.28. The summed E-state index contributed by atoms with van der Waals surface area (Å²) < 4.78 is 12.8. The highest BCUT2D eigenvalue weighted by Crippen LogP contribution is 2.44. The molecule has 0 unspecified atom stereocenters. The van der Waals surface area contributed by atoms with Crippen molar-refractivity contribution in [2.24, 2.45) is 0 Å². The largest absolute Gasteiger partial charge is 0.497 e. The number of ether oxygens (including phenoxy) is 2. The Morgan fingerprint density at radius 3 is 2.53 bits per heavy atom. The van der Waals surface area contributed by atoms with Gasteiger partial charge in [0.1, 0.15) is 17.8 Å². The molecule has 0 N–H and O–H groups in total. The van der Waals surface area contributed by atoms with Gasteiger partial charge < -0.3 is 9.47 Å². The van der Waals surface area contributed by atoms with Crippen LogP contribution in [0.2, 0.25) is 0 Å². The van der Waals surface area contributed by atoms with Crippen molar-refractivity contribution in [1.29, 1.82) is 0 Å². The highest BCUT2D eigenvalue weighted by molar-refractivity contribution is 5.92. The Labute approximate surface area is 176 Å². The van der Waals surface area contributed by atoms with Crippen LogP contribution in [0.25, 0.3) is 0 Å². The summed E-state index contributed by atoms with van der Waals surface area (Å²) in [5, 5.41) is 4.47. The number of amides is 1. The fourth-order valence-corrected chi connectivity index (χ4v) is 4.12. The predicted molar refractivity (Wildman–Crippen MR) is 114 cm³/mol. The van der Waals surface area contributed by atoms with E-state index in [9.17, 15) is 4.79 Å². The van der Waals surface area contributed by atoms with E-state index in [4.69, 9.17) is 9.47 Å². The van der Waals surface area contributed by atoms with Gasteiger partial charge in [-0.05, 0) is 36.6 Å². The Hall–Kier alpha value is -3.35. The third-order valence-electron chi connectivity index (χ3n) is 5.55. The van der Waals surface area contributed by atoms with Gasteiger partial charge in [-0.2, -0.15) is 10.1 Å². The van der Waals surface area contributed by atoms with E-state index < -0.39 is 0 Å². The van der Waals surface area contributed by atoms with Gasteiger partial charge in [-0.1, -0.05) is 37.3 Å². The van der Waals surface area contributed by atoms with Gasteiger partial charge in [0.2, 0.25) is 11.9 Å². The zero-order chi connectivity index (χ0) is 21.1. The maximum atomic E-state index is 13.1. The minimum absolute atomic E-state index is 0.0473. The smallest absolute Gasteiger partial charge is 0.231 e. The number of carbonyl (C=O) groups is 1. The summed E-state index contributed by atoms with van der Waals surface area (Å²) >= 11 is 0. The Bertz CT molecular complexity index is 1020. The lowest BCUT2D eigenvalue weighted by Crippen LogP contribution is -2.42. The third-order valence-corrected chi connectivity index (χ3v) is 5.55. The lowest BCUT2D eigenvalue weighted by atomic mass is 9.91. The molecule has 1 aromatic heterocycles. The Kier molecular flexibility index (Phi) is 5.70. The van der Waals surface area contributed by atoms with E-state index in [1.165, 1.54) is 6.33 Å². The lowest BCUT2D eigenvalue weighted by Gasteiger charge is -2.39. The third kappa shape index (κ3) is 3.51. The molecule has 0 fully saturated rings. The molecule has 0 saturated heterocycles. The molecule has 4 rings (SSSR count). The van der Waals surface area contributed by atoms with E-state index in [1.807, 2.05) is 60.1 Å². The van der Waals surface area contributed by atoms with Crippen LogP contribution in [0, 0.1) is 0 Å². The van der Waals surface area contributed by atoms with Crippen LogP contribution in [0.4, 0.5) is 5.95 Å². The molecule has 2 heterocycles. The van der Waals surface area contributed by atoms with Crippen LogP contribution < -0.4 is 14.4 Å². The number of carbonyl (C=O) groups excluding carboxylic acids is 1. The number of anilines is 1. The molecule has 2 aromatic carbocycles. The van der Waals surface area contributed by atoms with Crippen LogP contribution in [0.15, 0.2) is 54.9 Å². The van der Waals surface area contributed by atoms with Crippen molar-refractivity contribution in [2.75, 3.05) is 19.1 Å². The second kappa shape index (κ2) is 8.57. The summed E-state index contributed by atoms with van der Waals surface area (Å²) in [6.45, 7) is 2.01. The summed E-state index contributed by atoms with van der Waals surface area (Å²) in [6, 6.07) is 15.5. The van der Waals surface area contributed by atoms with Crippen LogP contribution in [0.3, 0.4) is 0 Å². The number of hydrogen-bond donors (Lipinski definition) is 0. The van der Waals surface area contributed by atoms with Gasteiger partial charge in [0, 0.05) is 12.0 Å². The minimum atomic E-state index is -0.165. The maximum Gasteiger partial charge on any atom is 0.231 e. The molecular weight excluding hydrogens is 380 g/mol. The Morgan fingerprint density at radius 2 is 1.83 bits per heavy atom. The summed E-state index contributed by atoms with van der Waals surface area (Å²) in [5.41, 5.74) is 2.06. The number of aromatic nitrogens is 3. The lowest BCUT2D eigenvalue weighted by molar-refractivity contribution is -0.119. The van der Waals surface area contributed by atoms with Crippen LogP contribution in [-0.4, -0.2) is 34.9 Å². The van der Waals surface area contributed by atoms with Gasteiger partial charge in [0.25, 0.3) is 0 Å². The van der Waals surface area contributed by atoms with Crippen molar-refractivity contribution >= 4 is 11.9 Å². The van der Waals surface area contributed by atoms with Gasteiger partial charge in [-0.3, -0.25) is 9.69 Å². The van der Waals surface area contributed by atoms with E-state index >= 15 is 0 Å². The quantitative estimate of drug-likeness (QED) is 0.615. The van der Waals surface area contributed by atoms with Crippen molar-refractivity contribution in [1.82, 2.24) is 14.8 Å². The van der Waals surface area contributed by atoms with Gasteiger partial charge in [-0.15, -0.1) is 0 Å². The normalized spacial score (nSPS) is 18.0. The zero-order valence-corrected chi connectivity index (χ0v) is 17.5. The molecule has 1 aliphatic heterocycles. The highest BCUT2D eigenvalue weighted by Gasteiger charge is 2.39. The molecule has 3 aromatic rings. The van der Waals surface area contributed by atoms with Crippen molar-refractivity contribution in [3.8, 4) is 11.5 Å². The summed E-state index contributed by atoms with van der Waals surface area (Å²) in [7, 11) is 3.31. The van der Waals surface area contributed by atoms with E-state index in [0.717, 1.165) is 29.0 Å². The molecule has 7 nitrogen and oxygen atoms in total. The fraction of sp³-hybridized carbons (Fsp3) is 0.348. The first kappa shape index (κ1) is 19.9. The first-order chi connectivity index (χ1) is 14.7. The van der Waals surface area contributed by atoms with Gasteiger partial charge in [0.05, 0.1) is 26.3 Å². The Morgan fingerprint density at radius 1 is 1.07 bits per heavy atom. The maximum absolute atomic E-state index is 13.1. The van der Waals surface area contributed by atoms with Crippen LogP contribution >= 0.6 is 0 Å². The van der Waals surface area contributed by atoms with E-state index in [1.54, 1.807) is 19.1 Å². The molecule has 1 amide bonds. The van der Waals surface area contributed by atoms with Crippen LogP contribution in [0.5, 0.6) is 11.5 Å². The van der Waals surface area contributed by atoms with Crippen molar-refractivity contribution in [2.45, 2.75) is 38.3 Å². The molecule has 0 radical (unpaired) electrons. The SMILES string of the molecule is CCCC(=O)N1c2ncnn2[C@H](c2ccccc2OC)C[C@H]1c1ccc(OC)cc1. The monoisotopic (exact) mass is 406 g/mol. The molecule has 2 atom stereocenters. The fourth-order valence-electron chi connectivity index (χ4n) is 4.12. The summed E-state index contributed by atoms with van der Waals surface area (Å²) in [4.78, 5) is 19.4. The van der Waals surface area contributed by atoms with Crippen LogP contribution in [0.1, 0.15) is 49.4 Å². The summed E-state index contributed by atoms with van der Waals surface area (Å²) in [6.07, 6.45) is 3.41. The molecular formula is C23H26N4O3. The number of fused-ring (bicyclic) bond motifs is 1. The van der Waals surface area contributed by atoms with E-state index in [-0.39, 0.29) is 18.0 Å². The van der Waals surface area contributed by atoms with Crippen molar-refractivity contribution in [3.63, 3.8) is 0 Å². The number of hydrogen-bond acceptors (Lipinski definition) is 5. The van der Waals surface area contributed by atoms with Crippen LogP contribution in [-0.2, 0) is 4.79 Å². The topological polar surface area (TPSA) is 69.5 Å². The number of nitrogens with zero attached hydrogens (tertiary/aromatic N) is 4. The molecule has 30 heavy (non-hydrogen) atoms. The molecule has 0 spiro atoms. The molecule has 1 aliphatic rings. The highest BCUT2D eigenvalue weighted by atomic mass is 16.5. The number of rotatable bonds is 6. The second-order valence-corrected chi connectivity index (χ2v) is 7.30. The van der Waals surface area contributed by atoms with Gasteiger partial charge in [0.15, 0.2) is 0 Å². The minimum Gasteiger partial charge on any atom is -0.497 e. The van der Waals surface area contributed by atoms with Gasteiger partial charge in [-0.25, -0.2) is 4.68 Å². The number of methoxy groups -OCH3 is 2. The molecule has 7 heteroatoms. The average molecular weight is 406 g/mol. The molecule has 0 aliphatic carbocycles. The first-order valence-electron chi connectivity index (χ1n) is 10.2. The molecule has 156 valence electrons. The Balaban J connectivity index is 1.83. The van der Waals surface area contributed by atoms with Gasteiger partial charge >= 0.3 is 0 Å². The van der Waals surface area contributed by atoms with E-state index in [2.05, 4.69) is 10.1 Å². The van der Waals surface area contributed by atoms with Crippen molar-refractivity contribution < 1.29 is 14.3 Å². The predicted octanol–water partition coefficient (Wildman–Crippen LogP) is 4.16. The van der Waals surface area contributed by atoms with E-state index in [0.29, 0.717) is 18.8 Å². The summed E-state index contributed by atoms with van der Waals surface area (Å²) in [5.74, 6) is 2.19. The molecule has 0 bridgehead atoms. The first-order valence-corrected chi connectivity index (χ1v) is 10.2. The number of benzene rings is 2. The second-order valence-electron chi connectivity index (χ2n) is 7.30. The number of para-hydroxylation sites is 1. The molecule has 0 saturated carbocycles. The van der Waals surface area contributed by atoms with Crippen molar-refractivity contribution in [3.05, 3.63) is 66.0 Å². The zero-order valence-electron chi connectivity index (χ0n) is 17.5. The standard InChI is InChI=1S/C23H26N4O3/c1-4-7-22(28)26-19(16-10-12-17(29-2)13-11-16)14-20(27-23(26)24-15-25-27)18-8-5-6-9-21(18)30-3/h5-6,8-13,15,19-20H,4,7,14H2,1-3H3/t19-,20-/m0/s1.